The second-order valence-corrected chi connectivity index (χ2v) is 2.85. The van der Waals surface area contributed by atoms with Gasteiger partial charge in [-0.2, -0.15) is 0 Å². The van der Waals surface area contributed by atoms with Crippen LogP contribution in [0.15, 0.2) is 0 Å². The van der Waals surface area contributed by atoms with E-state index in [-0.39, 0.29) is 35.8 Å². The molecule has 0 fully saturated rings. The number of carboxylic acids is 1. The van der Waals surface area contributed by atoms with E-state index >= 15 is 0 Å². The van der Waals surface area contributed by atoms with Crippen molar-refractivity contribution < 1.29 is 74.9 Å². The van der Waals surface area contributed by atoms with E-state index in [4.69, 9.17) is 40.5 Å². The van der Waals surface area contributed by atoms with E-state index in [0.29, 0.717) is 0 Å². The molecule has 110 valence electrons. The number of carbonyl (C=O) groups excluding carboxylic acids is 2. The Morgan fingerprint density at radius 3 is 1.68 bits per heavy atom. The first kappa shape index (κ1) is 27.3. The Kier molecular flexibility index (Phi) is 25.7. The molecule has 0 saturated carbocycles. The molecule has 0 aromatic rings. The summed E-state index contributed by atoms with van der Waals surface area (Å²) in [5.74, 6) is -1.08. The summed E-state index contributed by atoms with van der Waals surface area (Å²) in [5.41, 5.74) is 0. The van der Waals surface area contributed by atoms with Gasteiger partial charge >= 0.3 is 29.6 Å². The van der Waals surface area contributed by atoms with E-state index in [9.17, 15) is 4.79 Å². The van der Waals surface area contributed by atoms with Crippen LogP contribution in [0.2, 0.25) is 0 Å². The predicted molar refractivity (Wildman–Crippen MR) is 56.0 cm³/mol. The molecular formula is C9H19NaO9. The fraction of sp³-hybridized carbons (Fsp3) is 0.778. The summed E-state index contributed by atoms with van der Waals surface area (Å²) in [6.45, 7) is 0.212. The maximum atomic E-state index is 9.90. The zero-order chi connectivity index (χ0) is 15.3. The summed E-state index contributed by atoms with van der Waals surface area (Å²) in [7, 11) is 1.00. The average molecular weight is 294 g/mol. The standard InChI is InChI=1S/C6H12O6.C2H4O2.CH4O.Na/c7-1-3(9)5(11)6(12)4(10)2-8;1-2(3)4;1-2;/h1,3-6,8-12H,2H2;1H3,(H,3,4);2H,1H3;/q;;;+1/p-1. The molecule has 0 radical (unpaired) electrons. The van der Waals surface area contributed by atoms with Gasteiger partial charge in [0.05, 0.1) is 6.61 Å². The minimum Gasteiger partial charge on any atom is -0.550 e. The molecule has 0 aliphatic rings. The molecule has 0 aromatic carbocycles. The Labute approximate surface area is 132 Å². The van der Waals surface area contributed by atoms with Gasteiger partial charge in [0, 0.05) is 13.1 Å². The van der Waals surface area contributed by atoms with Crippen LogP contribution in [-0.2, 0) is 9.59 Å². The van der Waals surface area contributed by atoms with Gasteiger partial charge in [-0.1, -0.05) is 0 Å². The number of hydrogen-bond donors (Lipinski definition) is 6. The smallest absolute Gasteiger partial charge is 0.550 e. The van der Waals surface area contributed by atoms with E-state index in [0.717, 1.165) is 14.0 Å². The fourth-order valence-corrected chi connectivity index (χ4v) is 0.618. The van der Waals surface area contributed by atoms with Crippen LogP contribution in [0.1, 0.15) is 6.92 Å². The molecular weight excluding hydrogens is 275 g/mol. The maximum Gasteiger partial charge on any atom is 1.00 e. The normalized spacial score (nSPS) is 14.9. The number of aliphatic carboxylic acids is 1. The molecule has 0 spiro atoms. The summed E-state index contributed by atoms with van der Waals surface area (Å²) in [6, 6.07) is 0. The SMILES string of the molecule is CC(=O)[O-].CO.O=CC(O)C(O)C(O)C(O)CO.[Na+]. The van der Waals surface area contributed by atoms with E-state index in [2.05, 4.69) is 0 Å². The number of carboxylic acid groups (broad SMARTS) is 1. The molecule has 0 aliphatic heterocycles. The topological polar surface area (TPSA) is 179 Å². The van der Waals surface area contributed by atoms with E-state index in [1.165, 1.54) is 0 Å². The van der Waals surface area contributed by atoms with Crippen LogP contribution in [0, 0.1) is 0 Å². The number of aliphatic hydroxyl groups excluding tert-OH is 6. The largest absolute Gasteiger partial charge is 1.00 e. The van der Waals surface area contributed by atoms with Gasteiger partial charge in [0.25, 0.3) is 0 Å². The third-order valence-corrected chi connectivity index (χ3v) is 1.42. The summed E-state index contributed by atoms with van der Waals surface area (Å²) in [5, 5.41) is 59.4. The Hall–Kier alpha value is -0.100. The quantitative estimate of drug-likeness (QED) is 0.212. The van der Waals surface area contributed by atoms with Crippen molar-refractivity contribution in [3.63, 3.8) is 0 Å². The van der Waals surface area contributed by atoms with Crippen molar-refractivity contribution in [2.24, 2.45) is 0 Å². The van der Waals surface area contributed by atoms with Gasteiger partial charge in [-0.25, -0.2) is 0 Å². The zero-order valence-electron chi connectivity index (χ0n) is 11.0. The minimum atomic E-state index is -1.79. The maximum absolute atomic E-state index is 9.90. The van der Waals surface area contributed by atoms with Crippen LogP contribution in [0.3, 0.4) is 0 Å². The van der Waals surface area contributed by atoms with Gasteiger partial charge in [0.15, 0.2) is 6.29 Å². The molecule has 0 heterocycles. The van der Waals surface area contributed by atoms with Crippen LogP contribution >= 0.6 is 0 Å². The molecule has 10 heteroatoms. The van der Waals surface area contributed by atoms with Gasteiger partial charge in [-0.15, -0.1) is 0 Å². The fourth-order valence-electron chi connectivity index (χ4n) is 0.618. The number of hydrogen-bond acceptors (Lipinski definition) is 9. The van der Waals surface area contributed by atoms with Crippen LogP contribution < -0.4 is 34.7 Å². The molecule has 0 amide bonds. The average Bonchev–Trinajstić information content (AvgIpc) is 2.36. The van der Waals surface area contributed by atoms with E-state index in [1.807, 2.05) is 0 Å². The van der Waals surface area contributed by atoms with E-state index < -0.39 is 37.0 Å². The van der Waals surface area contributed by atoms with Crippen molar-refractivity contribution >= 4 is 12.3 Å². The zero-order valence-corrected chi connectivity index (χ0v) is 13.0. The molecule has 6 N–H and O–H groups in total. The monoisotopic (exact) mass is 294 g/mol. The first-order valence-corrected chi connectivity index (χ1v) is 4.68. The first-order chi connectivity index (χ1) is 8.27. The number of aldehydes is 1. The van der Waals surface area contributed by atoms with Crippen molar-refractivity contribution in [1.29, 1.82) is 0 Å². The van der Waals surface area contributed by atoms with Gasteiger partial charge in [0.1, 0.15) is 24.4 Å². The third kappa shape index (κ3) is 17.9. The van der Waals surface area contributed by atoms with Crippen LogP contribution in [-0.4, -0.2) is 81.0 Å². The molecule has 0 aromatic heterocycles. The predicted octanol–water partition coefficient (Wildman–Crippen LogP) is -8.01. The summed E-state index contributed by atoms with van der Waals surface area (Å²) < 4.78 is 0. The number of carbonyl (C=O) groups is 2. The van der Waals surface area contributed by atoms with Gasteiger partial charge < -0.3 is 45.3 Å². The van der Waals surface area contributed by atoms with Crippen LogP contribution in [0.5, 0.6) is 0 Å². The summed E-state index contributed by atoms with van der Waals surface area (Å²) in [4.78, 5) is 18.8. The Morgan fingerprint density at radius 1 is 1.16 bits per heavy atom. The van der Waals surface area contributed by atoms with Crippen LogP contribution in [0.25, 0.3) is 0 Å². The molecule has 0 saturated heterocycles. The Morgan fingerprint density at radius 2 is 1.47 bits per heavy atom. The van der Waals surface area contributed by atoms with Crippen molar-refractivity contribution in [3.05, 3.63) is 0 Å². The van der Waals surface area contributed by atoms with Crippen LogP contribution in [0.4, 0.5) is 0 Å². The van der Waals surface area contributed by atoms with E-state index in [1.54, 1.807) is 0 Å². The van der Waals surface area contributed by atoms with Crippen molar-refractivity contribution in [2.75, 3.05) is 13.7 Å². The summed E-state index contributed by atoms with van der Waals surface area (Å²) in [6.07, 6.45) is -6.84. The Bertz CT molecular complexity index is 210. The minimum absolute atomic E-state index is 0. The molecule has 9 nitrogen and oxygen atoms in total. The van der Waals surface area contributed by atoms with Crippen molar-refractivity contribution in [1.82, 2.24) is 0 Å². The molecule has 19 heavy (non-hydrogen) atoms. The van der Waals surface area contributed by atoms with Gasteiger partial charge in [-0.05, 0) is 6.92 Å². The molecule has 0 aliphatic carbocycles. The molecule has 4 atom stereocenters. The third-order valence-electron chi connectivity index (χ3n) is 1.42. The first-order valence-electron chi connectivity index (χ1n) is 4.68. The van der Waals surface area contributed by atoms with Crippen molar-refractivity contribution in [2.45, 2.75) is 31.3 Å². The molecule has 4 unspecified atom stereocenters. The molecule has 0 rings (SSSR count). The Balaban J connectivity index is -0.000000137. The number of rotatable bonds is 5. The van der Waals surface area contributed by atoms with Gasteiger partial charge in [0.2, 0.25) is 0 Å². The second kappa shape index (κ2) is 17.9. The molecule has 0 bridgehead atoms. The van der Waals surface area contributed by atoms with Crippen molar-refractivity contribution in [3.8, 4) is 0 Å². The van der Waals surface area contributed by atoms with Gasteiger partial charge in [-0.3, -0.25) is 0 Å². The summed E-state index contributed by atoms with van der Waals surface area (Å²) >= 11 is 0. The number of aliphatic hydroxyl groups is 6. The second-order valence-electron chi connectivity index (χ2n) is 2.85.